The quantitative estimate of drug-likeness (QED) is 0.612. The Labute approximate surface area is 118 Å². The summed E-state index contributed by atoms with van der Waals surface area (Å²) in [6, 6.07) is 6.83. The van der Waals surface area contributed by atoms with Crippen LogP contribution >= 0.6 is 0 Å². The van der Waals surface area contributed by atoms with Crippen LogP contribution in [0.2, 0.25) is 0 Å². The van der Waals surface area contributed by atoms with E-state index in [2.05, 4.69) is 4.90 Å². The molecule has 1 heterocycles. The predicted octanol–water partition coefficient (Wildman–Crippen LogP) is 2.58. The molecule has 108 valence electrons. The molecule has 20 heavy (non-hydrogen) atoms. The molecule has 0 spiro atoms. The van der Waals surface area contributed by atoms with Crippen LogP contribution in [0.3, 0.4) is 0 Å². The Balaban J connectivity index is 2.04. The molecule has 0 N–H and O–H groups in total. The highest BCUT2D eigenvalue weighted by molar-refractivity contribution is 5.81. The van der Waals surface area contributed by atoms with Gasteiger partial charge in [0.25, 0.3) is 5.69 Å². The fourth-order valence-electron chi connectivity index (χ4n) is 2.88. The molecule has 1 aromatic carbocycles. The Morgan fingerprint density at radius 2 is 2.15 bits per heavy atom. The minimum atomic E-state index is -0.339. The third-order valence-electron chi connectivity index (χ3n) is 3.94. The number of nitro groups is 1. The van der Waals surface area contributed by atoms with Crippen LogP contribution in [0.15, 0.2) is 24.3 Å². The van der Waals surface area contributed by atoms with Gasteiger partial charge in [-0.15, -0.1) is 0 Å². The molecule has 0 bridgehead atoms. The molecule has 1 fully saturated rings. The van der Waals surface area contributed by atoms with E-state index in [1.54, 1.807) is 19.1 Å². The van der Waals surface area contributed by atoms with Gasteiger partial charge in [0.15, 0.2) is 0 Å². The summed E-state index contributed by atoms with van der Waals surface area (Å²) in [6.07, 6.45) is 3.71. The fourth-order valence-corrected chi connectivity index (χ4v) is 2.88. The first-order chi connectivity index (χ1) is 9.59. The maximum atomic E-state index is 11.6. The SMILES string of the molecule is CC(=O)C1CCCCN1CCc1ccccc1[N+](=O)[O-]. The minimum Gasteiger partial charge on any atom is -0.298 e. The predicted molar refractivity (Wildman–Crippen MR) is 76.7 cm³/mol. The van der Waals surface area contributed by atoms with Gasteiger partial charge in [-0.05, 0) is 32.7 Å². The number of para-hydroxylation sites is 1. The zero-order valence-corrected chi connectivity index (χ0v) is 11.7. The summed E-state index contributed by atoms with van der Waals surface area (Å²) in [5.74, 6) is 0.201. The van der Waals surface area contributed by atoms with E-state index >= 15 is 0 Å². The first-order valence-corrected chi connectivity index (χ1v) is 7.06. The second-order valence-electron chi connectivity index (χ2n) is 5.29. The number of benzene rings is 1. The van der Waals surface area contributed by atoms with Gasteiger partial charge in [-0.1, -0.05) is 24.6 Å². The number of carbonyl (C=O) groups excluding carboxylic acids is 1. The highest BCUT2D eigenvalue weighted by Gasteiger charge is 2.26. The van der Waals surface area contributed by atoms with Gasteiger partial charge in [-0.3, -0.25) is 19.8 Å². The van der Waals surface area contributed by atoms with Gasteiger partial charge in [0, 0.05) is 18.2 Å². The summed E-state index contributed by atoms with van der Waals surface area (Å²) in [4.78, 5) is 24.5. The summed E-state index contributed by atoms with van der Waals surface area (Å²) in [5.41, 5.74) is 0.911. The molecule has 2 rings (SSSR count). The van der Waals surface area contributed by atoms with E-state index in [0.29, 0.717) is 13.0 Å². The van der Waals surface area contributed by atoms with Gasteiger partial charge in [-0.25, -0.2) is 0 Å². The first kappa shape index (κ1) is 14.7. The van der Waals surface area contributed by atoms with Crippen molar-refractivity contribution in [3.8, 4) is 0 Å². The van der Waals surface area contributed by atoms with Crippen LogP contribution in [0.1, 0.15) is 31.7 Å². The summed E-state index contributed by atoms with van der Waals surface area (Å²) in [7, 11) is 0. The van der Waals surface area contributed by atoms with E-state index in [9.17, 15) is 14.9 Å². The monoisotopic (exact) mass is 276 g/mol. The molecule has 0 saturated carbocycles. The van der Waals surface area contributed by atoms with Gasteiger partial charge < -0.3 is 0 Å². The lowest BCUT2D eigenvalue weighted by Gasteiger charge is -2.34. The number of hydrogen-bond donors (Lipinski definition) is 0. The highest BCUT2D eigenvalue weighted by Crippen LogP contribution is 2.21. The van der Waals surface area contributed by atoms with Crippen LogP contribution in [-0.4, -0.2) is 34.7 Å². The van der Waals surface area contributed by atoms with Crippen molar-refractivity contribution in [1.29, 1.82) is 0 Å². The molecular formula is C15H20N2O3. The van der Waals surface area contributed by atoms with Crippen molar-refractivity contribution >= 4 is 11.5 Å². The molecule has 1 atom stereocenters. The Morgan fingerprint density at radius 1 is 1.40 bits per heavy atom. The fraction of sp³-hybridized carbons (Fsp3) is 0.533. The Morgan fingerprint density at radius 3 is 2.85 bits per heavy atom. The zero-order chi connectivity index (χ0) is 14.5. The van der Waals surface area contributed by atoms with Crippen molar-refractivity contribution in [2.45, 2.75) is 38.6 Å². The summed E-state index contributed by atoms with van der Waals surface area (Å²) < 4.78 is 0. The van der Waals surface area contributed by atoms with Crippen molar-refractivity contribution in [2.75, 3.05) is 13.1 Å². The standard InChI is InChI=1S/C15H20N2O3/c1-12(18)14-7-4-5-10-16(14)11-9-13-6-2-3-8-15(13)17(19)20/h2-3,6,8,14H,4-5,7,9-11H2,1H3. The van der Waals surface area contributed by atoms with Crippen molar-refractivity contribution in [3.63, 3.8) is 0 Å². The van der Waals surface area contributed by atoms with Gasteiger partial charge in [0.05, 0.1) is 11.0 Å². The normalized spacial score (nSPS) is 19.8. The number of rotatable bonds is 5. The van der Waals surface area contributed by atoms with Crippen molar-refractivity contribution < 1.29 is 9.72 Å². The molecule has 5 nitrogen and oxygen atoms in total. The number of hydrogen-bond acceptors (Lipinski definition) is 4. The summed E-state index contributed by atoms with van der Waals surface area (Å²) >= 11 is 0. The number of carbonyl (C=O) groups is 1. The topological polar surface area (TPSA) is 63.5 Å². The molecule has 1 aliphatic heterocycles. The van der Waals surface area contributed by atoms with Crippen LogP contribution < -0.4 is 0 Å². The van der Waals surface area contributed by atoms with Gasteiger partial charge >= 0.3 is 0 Å². The molecule has 1 aliphatic rings. The maximum Gasteiger partial charge on any atom is 0.272 e. The third-order valence-corrected chi connectivity index (χ3v) is 3.94. The second kappa shape index (κ2) is 6.61. The Bertz CT molecular complexity index is 502. The summed E-state index contributed by atoms with van der Waals surface area (Å²) in [5, 5.41) is 11.0. The second-order valence-corrected chi connectivity index (χ2v) is 5.29. The number of nitrogens with zero attached hydrogens (tertiary/aromatic N) is 2. The van der Waals surface area contributed by atoms with Crippen molar-refractivity contribution in [1.82, 2.24) is 4.90 Å². The molecule has 0 amide bonds. The number of ketones is 1. The van der Waals surface area contributed by atoms with Gasteiger partial charge in [-0.2, -0.15) is 0 Å². The number of Topliss-reactive ketones (excluding diaryl/α,β-unsaturated/α-hetero) is 1. The first-order valence-electron chi connectivity index (χ1n) is 7.06. The lowest BCUT2D eigenvalue weighted by atomic mass is 9.98. The van der Waals surface area contributed by atoms with E-state index in [1.165, 1.54) is 6.07 Å². The molecule has 5 heteroatoms. The van der Waals surface area contributed by atoms with E-state index in [-0.39, 0.29) is 22.4 Å². The van der Waals surface area contributed by atoms with E-state index < -0.39 is 0 Å². The molecule has 0 aliphatic carbocycles. The minimum absolute atomic E-state index is 0.00785. The zero-order valence-electron chi connectivity index (χ0n) is 11.7. The van der Waals surface area contributed by atoms with Gasteiger partial charge in [0.1, 0.15) is 5.78 Å². The van der Waals surface area contributed by atoms with Crippen LogP contribution in [0, 0.1) is 10.1 Å². The van der Waals surface area contributed by atoms with E-state index in [1.807, 2.05) is 6.07 Å². The largest absolute Gasteiger partial charge is 0.298 e. The lowest BCUT2D eigenvalue weighted by molar-refractivity contribution is -0.385. The Hall–Kier alpha value is -1.75. The third kappa shape index (κ3) is 3.42. The van der Waals surface area contributed by atoms with Crippen molar-refractivity contribution in [2.24, 2.45) is 0 Å². The lowest BCUT2D eigenvalue weighted by Crippen LogP contribution is -2.44. The summed E-state index contributed by atoms with van der Waals surface area (Å²) in [6.45, 7) is 3.24. The average Bonchev–Trinajstić information content (AvgIpc) is 2.45. The van der Waals surface area contributed by atoms with Gasteiger partial charge in [0.2, 0.25) is 0 Å². The van der Waals surface area contributed by atoms with E-state index in [4.69, 9.17) is 0 Å². The molecular weight excluding hydrogens is 256 g/mol. The number of piperidine rings is 1. The smallest absolute Gasteiger partial charge is 0.272 e. The molecule has 1 aromatic rings. The van der Waals surface area contributed by atoms with Crippen LogP contribution in [0.25, 0.3) is 0 Å². The maximum absolute atomic E-state index is 11.6. The molecule has 1 saturated heterocycles. The number of likely N-dealkylation sites (tertiary alicyclic amines) is 1. The molecule has 1 unspecified atom stereocenters. The number of nitro benzene ring substituents is 1. The molecule has 0 aromatic heterocycles. The van der Waals surface area contributed by atoms with Crippen LogP contribution in [-0.2, 0) is 11.2 Å². The average molecular weight is 276 g/mol. The van der Waals surface area contributed by atoms with Crippen LogP contribution in [0.5, 0.6) is 0 Å². The Kier molecular flexibility index (Phi) is 4.84. The highest BCUT2D eigenvalue weighted by atomic mass is 16.6. The van der Waals surface area contributed by atoms with Crippen LogP contribution in [0.4, 0.5) is 5.69 Å². The van der Waals surface area contributed by atoms with Crippen molar-refractivity contribution in [3.05, 3.63) is 39.9 Å². The molecule has 0 radical (unpaired) electrons. The van der Waals surface area contributed by atoms with E-state index in [0.717, 1.165) is 31.4 Å².